The summed E-state index contributed by atoms with van der Waals surface area (Å²) in [6.07, 6.45) is 3.33. The number of hydrogen-bond acceptors (Lipinski definition) is 3. The number of ether oxygens (including phenoxy) is 1. The molecule has 2 aromatic rings. The Hall–Kier alpha value is -2.62. The highest BCUT2D eigenvalue weighted by molar-refractivity contribution is 5.96. The molecule has 118 valence electrons. The van der Waals surface area contributed by atoms with Crippen molar-refractivity contribution in [2.75, 3.05) is 11.9 Å². The lowest BCUT2D eigenvalue weighted by atomic mass is 10.1. The molecule has 0 aliphatic heterocycles. The van der Waals surface area contributed by atoms with E-state index in [-0.39, 0.29) is 12.5 Å². The fraction of sp³-hybridized carbons (Fsp3) is 0.263. The van der Waals surface area contributed by atoms with Gasteiger partial charge in [-0.3, -0.25) is 4.79 Å². The molecule has 1 N–H and O–H groups in total. The predicted molar refractivity (Wildman–Crippen MR) is 88.6 cm³/mol. The Morgan fingerprint density at radius 3 is 2.70 bits per heavy atom. The molecule has 0 bridgehead atoms. The monoisotopic (exact) mass is 309 g/mol. The summed E-state index contributed by atoms with van der Waals surface area (Å²) in [5.41, 5.74) is 4.71. The Balaban J connectivity index is 1.56. The zero-order valence-corrected chi connectivity index (χ0v) is 13.1. The molecule has 0 saturated heterocycles. The average Bonchev–Trinajstić information content (AvgIpc) is 3.01. The number of fused-ring (bicyclic) bond motifs is 1. The molecule has 1 amide bonds. The molecule has 4 nitrogen and oxygen atoms in total. The molecule has 0 aromatic heterocycles. The molecule has 23 heavy (non-hydrogen) atoms. The SMILES string of the molecule is Cc1ccccc1C(=O)OCC(=O)Nc1ccc2c(c1)CCC2. The normalized spacial score (nSPS) is 12.6. The van der Waals surface area contributed by atoms with Gasteiger partial charge in [-0.1, -0.05) is 24.3 Å². The first-order chi connectivity index (χ1) is 11.1. The number of carbonyl (C=O) groups excluding carboxylic acids is 2. The number of rotatable bonds is 4. The summed E-state index contributed by atoms with van der Waals surface area (Å²) in [5, 5.41) is 2.78. The molecule has 0 fully saturated rings. The van der Waals surface area contributed by atoms with Crippen LogP contribution in [0.25, 0.3) is 0 Å². The summed E-state index contributed by atoms with van der Waals surface area (Å²) in [6.45, 7) is 1.55. The summed E-state index contributed by atoms with van der Waals surface area (Å²) in [4.78, 5) is 23.9. The number of aryl methyl sites for hydroxylation is 3. The van der Waals surface area contributed by atoms with Gasteiger partial charge in [0.1, 0.15) is 0 Å². The maximum Gasteiger partial charge on any atom is 0.338 e. The van der Waals surface area contributed by atoms with E-state index in [1.807, 2.05) is 31.2 Å². The van der Waals surface area contributed by atoms with Gasteiger partial charge in [-0.15, -0.1) is 0 Å². The molecule has 0 heterocycles. The van der Waals surface area contributed by atoms with E-state index in [1.165, 1.54) is 17.5 Å². The Morgan fingerprint density at radius 1 is 1.09 bits per heavy atom. The Labute approximate surface area is 135 Å². The van der Waals surface area contributed by atoms with E-state index in [0.717, 1.165) is 24.1 Å². The summed E-state index contributed by atoms with van der Waals surface area (Å²) >= 11 is 0. The number of carbonyl (C=O) groups is 2. The van der Waals surface area contributed by atoms with Crippen LogP contribution >= 0.6 is 0 Å². The number of hydrogen-bond donors (Lipinski definition) is 1. The fourth-order valence-corrected chi connectivity index (χ4v) is 2.86. The van der Waals surface area contributed by atoms with Crippen LogP contribution in [0.2, 0.25) is 0 Å². The van der Waals surface area contributed by atoms with Crippen molar-refractivity contribution in [2.45, 2.75) is 26.2 Å². The molecule has 0 unspecified atom stereocenters. The largest absolute Gasteiger partial charge is 0.452 e. The third kappa shape index (κ3) is 3.59. The van der Waals surface area contributed by atoms with Crippen LogP contribution in [0.5, 0.6) is 0 Å². The molecule has 1 aliphatic carbocycles. The molecule has 1 aliphatic rings. The van der Waals surface area contributed by atoms with E-state index in [1.54, 1.807) is 12.1 Å². The van der Waals surface area contributed by atoms with Gasteiger partial charge in [0.2, 0.25) is 0 Å². The minimum Gasteiger partial charge on any atom is -0.452 e. The van der Waals surface area contributed by atoms with Crippen molar-refractivity contribution in [1.29, 1.82) is 0 Å². The molecular formula is C19H19NO3. The highest BCUT2D eigenvalue weighted by Gasteiger charge is 2.14. The van der Waals surface area contributed by atoms with Gasteiger partial charge in [0.15, 0.2) is 6.61 Å². The fourth-order valence-electron chi connectivity index (χ4n) is 2.86. The number of esters is 1. The minimum absolute atomic E-state index is 0.287. The van der Waals surface area contributed by atoms with Gasteiger partial charge in [-0.25, -0.2) is 4.79 Å². The van der Waals surface area contributed by atoms with Gasteiger partial charge in [-0.05, 0) is 61.1 Å². The van der Waals surface area contributed by atoms with Crippen molar-refractivity contribution in [3.05, 3.63) is 64.7 Å². The summed E-state index contributed by atoms with van der Waals surface area (Å²) in [7, 11) is 0. The van der Waals surface area contributed by atoms with Gasteiger partial charge >= 0.3 is 5.97 Å². The Morgan fingerprint density at radius 2 is 1.87 bits per heavy atom. The second-order valence-corrected chi connectivity index (χ2v) is 5.78. The van der Waals surface area contributed by atoms with Crippen LogP contribution in [0.15, 0.2) is 42.5 Å². The van der Waals surface area contributed by atoms with Crippen LogP contribution in [0, 0.1) is 6.92 Å². The quantitative estimate of drug-likeness (QED) is 0.882. The van der Waals surface area contributed by atoms with Gasteiger partial charge in [0, 0.05) is 5.69 Å². The van der Waals surface area contributed by atoms with E-state index in [2.05, 4.69) is 11.4 Å². The molecular weight excluding hydrogens is 290 g/mol. The van der Waals surface area contributed by atoms with Crippen LogP contribution in [0.3, 0.4) is 0 Å². The average molecular weight is 309 g/mol. The smallest absolute Gasteiger partial charge is 0.338 e. The lowest BCUT2D eigenvalue weighted by molar-refractivity contribution is -0.119. The summed E-state index contributed by atoms with van der Waals surface area (Å²) < 4.78 is 5.08. The van der Waals surface area contributed by atoms with E-state index in [0.29, 0.717) is 5.56 Å². The third-order valence-electron chi connectivity index (χ3n) is 4.08. The molecule has 0 spiro atoms. The van der Waals surface area contributed by atoms with E-state index in [9.17, 15) is 9.59 Å². The first kappa shape index (κ1) is 15.3. The minimum atomic E-state index is -0.479. The Bertz CT molecular complexity index is 752. The van der Waals surface area contributed by atoms with Crippen LogP contribution < -0.4 is 5.32 Å². The standard InChI is InChI=1S/C19H19NO3/c1-13-5-2-3-8-17(13)19(22)23-12-18(21)20-16-10-9-14-6-4-7-15(14)11-16/h2-3,5,8-11H,4,6-7,12H2,1H3,(H,20,21). The van der Waals surface area contributed by atoms with Crippen molar-refractivity contribution in [3.8, 4) is 0 Å². The maximum absolute atomic E-state index is 12.0. The zero-order chi connectivity index (χ0) is 16.2. The van der Waals surface area contributed by atoms with Crippen LogP contribution in [-0.4, -0.2) is 18.5 Å². The van der Waals surface area contributed by atoms with Crippen molar-refractivity contribution in [2.24, 2.45) is 0 Å². The van der Waals surface area contributed by atoms with Crippen LogP contribution in [0.4, 0.5) is 5.69 Å². The van der Waals surface area contributed by atoms with Crippen molar-refractivity contribution in [3.63, 3.8) is 0 Å². The third-order valence-corrected chi connectivity index (χ3v) is 4.08. The summed E-state index contributed by atoms with van der Waals surface area (Å²) in [6, 6.07) is 13.1. The van der Waals surface area contributed by atoms with Gasteiger partial charge in [-0.2, -0.15) is 0 Å². The van der Waals surface area contributed by atoms with E-state index in [4.69, 9.17) is 4.74 Å². The molecule has 4 heteroatoms. The maximum atomic E-state index is 12.0. The van der Waals surface area contributed by atoms with Crippen molar-refractivity contribution in [1.82, 2.24) is 0 Å². The molecule has 2 aromatic carbocycles. The first-order valence-corrected chi connectivity index (χ1v) is 7.78. The highest BCUT2D eigenvalue weighted by Crippen LogP contribution is 2.24. The lowest BCUT2D eigenvalue weighted by Crippen LogP contribution is -2.21. The number of anilines is 1. The Kier molecular flexibility index (Phi) is 4.42. The van der Waals surface area contributed by atoms with Gasteiger partial charge in [0.05, 0.1) is 5.56 Å². The molecule has 0 atom stereocenters. The number of benzene rings is 2. The number of nitrogens with one attached hydrogen (secondary N) is 1. The van der Waals surface area contributed by atoms with Crippen LogP contribution in [-0.2, 0) is 22.4 Å². The highest BCUT2D eigenvalue weighted by atomic mass is 16.5. The van der Waals surface area contributed by atoms with E-state index < -0.39 is 5.97 Å². The second-order valence-electron chi connectivity index (χ2n) is 5.78. The van der Waals surface area contributed by atoms with Crippen molar-refractivity contribution >= 4 is 17.6 Å². The van der Waals surface area contributed by atoms with E-state index >= 15 is 0 Å². The number of amides is 1. The molecule has 0 saturated carbocycles. The van der Waals surface area contributed by atoms with Gasteiger partial charge < -0.3 is 10.1 Å². The van der Waals surface area contributed by atoms with Crippen LogP contribution in [0.1, 0.15) is 33.5 Å². The topological polar surface area (TPSA) is 55.4 Å². The molecule has 0 radical (unpaired) electrons. The lowest BCUT2D eigenvalue weighted by Gasteiger charge is -2.09. The first-order valence-electron chi connectivity index (χ1n) is 7.78. The van der Waals surface area contributed by atoms with Crippen molar-refractivity contribution < 1.29 is 14.3 Å². The predicted octanol–water partition coefficient (Wildman–Crippen LogP) is 3.28. The summed E-state index contributed by atoms with van der Waals surface area (Å²) in [5.74, 6) is -0.808. The molecule has 3 rings (SSSR count). The second kappa shape index (κ2) is 6.65. The van der Waals surface area contributed by atoms with Gasteiger partial charge in [0.25, 0.3) is 5.91 Å². The zero-order valence-electron chi connectivity index (χ0n) is 13.1.